The van der Waals surface area contributed by atoms with Crippen LogP contribution in [-0.2, 0) is 10.0 Å². The number of halogens is 2. The molecule has 0 saturated heterocycles. The second-order valence-corrected chi connectivity index (χ2v) is 7.75. The van der Waals surface area contributed by atoms with Gasteiger partial charge in [-0.1, -0.05) is 48.9 Å². The van der Waals surface area contributed by atoms with E-state index in [1.54, 1.807) is 0 Å². The Morgan fingerprint density at radius 1 is 1.29 bits per heavy atom. The van der Waals surface area contributed by atoms with Gasteiger partial charge in [0.15, 0.2) is 0 Å². The van der Waals surface area contributed by atoms with Crippen LogP contribution in [-0.4, -0.2) is 32.9 Å². The van der Waals surface area contributed by atoms with Gasteiger partial charge in [-0.2, -0.15) is 0 Å². The maximum atomic E-state index is 12.5. The Kier molecular flexibility index (Phi) is 6.51. The molecule has 0 saturated carbocycles. The molecular weight excluding hydrogens is 331 g/mol. The zero-order valence-electron chi connectivity index (χ0n) is 12.2. The highest BCUT2D eigenvalue weighted by Crippen LogP contribution is 2.32. The summed E-state index contributed by atoms with van der Waals surface area (Å²) in [4.78, 5) is -0.0905. The molecule has 1 aromatic rings. The number of rotatable bonds is 4. The Bertz CT molecular complexity index is 653. The lowest BCUT2D eigenvalue weighted by atomic mass is 10.2. The van der Waals surface area contributed by atoms with Crippen LogP contribution in [0.15, 0.2) is 17.0 Å². The fraction of sp³-hybridized carbons (Fsp3) is 0.429. The first kappa shape index (κ1) is 18.3. The van der Waals surface area contributed by atoms with Crippen molar-refractivity contribution in [1.82, 2.24) is 4.31 Å². The van der Waals surface area contributed by atoms with Crippen molar-refractivity contribution in [2.75, 3.05) is 20.1 Å². The number of sulfonamides is 1. The second kappa shape index (κ2) is 7.48. The highest BCUT2D eigenvalue weighted by molar-refractivity contribution is 7.89. The summed E-state index contributed by atoms with van der Waals surface area (Å²) in [5, 5.41) is 0.110. The third-order valence-corrected chi connectivity index (χ3v) is 5.37. The maximum absolute atomic E-state index is 12.5. The number of benzene rings is 1. The van der Waals surface area contributed by atoms with Crippen LogP contribution < -0.4 is 5.73 Å². The molecule has 0 atom stereocenters. The van der Waals surface area contributed by atoms with Crippen LogP contribution in [0, 0.1) is 17.8 Å². The van der Waals surface area contributed by atoms with Crippen molar-refractivity contribution in [3.8, 4) is 11.8 Å². The Morgan fingerprint density at radius 3 is 2.24 bits per heavy atom. The zero-order valence-corrected chi connectivity index (χ0v) is 14.5. The first-order chi connectivity index (χ1) is 9.70. The average Bonchev–Trinajstić information content (AvgIpc) is 2.34. The van der Waals surface area contributed by atoms with E-state index in [4.69, 9.17) is 28.9 Å². The Morgan fingerprint density at radius 2 is 1.81 bits per heavy atom. The summed E-state index contributed by atoms with van der Waals surface area (Å²) in [5.74, 6) is 5.63. The van der Waals surface area contributed by atoms with Gasteiger partial charge in [-0.3, -0.25) is 0 Å². The van der Waals surface area contributed by atoms with Crippen LogP contribution in [0.4, 0.5) is 0 Å². The minimum atomic E-state index is -3.74. The topological polar surface area (TPSA) is 63.4 Å². The van der Waals surface area contributed by atoms with E-state index in [-0.39, 0.29) is 27.4 Å². The highest BCUT2D eigenvalue weighted by atomic mass is 35.5. The molecule has 0 aliphatic rings. The smallest absolute Gasteiger partial charge is 0.245 e. The molecule has 1 rings (SSSR count). The molecule has 0 aromatic heterocycles. The van der Waals surface area contributed by atoms with Gasteiger partial charge < -0.3 is 5.73 Å². The first-order valence-electron chi connectivity index (χ1n) is 6.34. The summed E-state index contributed by atoms with van der Waals surface area (Å²) < 4.78 is 26.3. The minimum Gasteiger partial charge on any atom is -0.320 e. The molecule has 0 unspecified atom stereocenters. The van der Waals surface area contributed by atoms with E-state index in [0.29, 0.717) is 12.1 Å². The molecule has 0 amide bonds. The number of hydrogen-bond donors (Lipinski definition) is 1. The third-order valence-electron chi connectivity index (χ3n) is 2.62. The van der Waals surface area contributed by atoms with E-state index in [9.17, 15) is 8.42 Å². The molecule has 0 fully saturated rings. The van der Waals surface area contributed by atoms with Gasteiger partial charge in [0.05, 0.1) is 16.6 Å². The van der Waals surface area contributed by atoms with Gasteiger partial charge in [-0.15, -0.1) is 0 Å². The Hall–Kier alpha value is -0.770. The average molecular weight is 349 g/mol. The van der Waals surface area contributed by atoms with Gasteiger partial charge >= 0.3 is 0 Å². The molecule has 0 radical (unpaired) electrons. The van der Waals surface area contributed by atoms with Gasteiger partial charge in [0, 0.05) is 19.2 Å². The summed E-state index contributed by atoms with van der Waals surface area (Å²) >= 11 is 12.2. The monoisotopic (exact) mass is 348 g/mol. The largest absolute Gasteiger partial charge is 0.320 e. The Balaban J connectivity index is 3.31. The van der Waals surface area contributed by atoms with Gasteiger partial charge in [-0.25, -0.2) is 12.7 Å². The van der Waals surface area contributed by atoms with Gasteiger partial charge in [0.25, 0.3) is 0 Å². The number of nitrogens with zero attached hydrogens (tertiary/aromatic N) is 1. The molecule has 0 aliphatic carbocycles. The molecule has 1 aromatic carbocycles. The molecular formula is C14H18Cl2N2O2S. The summed E-state index contributed by atoms with van der Waals surface area (Å²) in [6.45, 7) is 4.44. The van der Waals surface area contributed by atoms with Crippen molar-refractivity contribution in [3.63, 3.8) is 0 Å². The van der Waals surface area contributed by atoms with Crippen LogP contribution in [0.25, 0.3) is 0 Å². The van der Waals surface area contributed by atoms with Crippen LogP contribution in [0.1, 0.15) is 19.4 Å². The van der Waals surface area contributed by atoms with Crippen molar-refractivity contribution in [1.29, 1.82) is 0 Å². The molecule has 0 heterocycles. The highest BCUT2D eigenvalue weighted by Gasteiger charge is 2.27. The van der Waals surface area contributed by atoms with Crippen molar-refractivity contribution in [3.05, 3.63) is 27.7 Å². The van der Waals surface area contributed by atoms with Crippen molar-refractivity contribution < 1.29 is 8.42 Å². The predicted octanol–water partition coefficient (Wildman–Crippen LogP) is 2.58. The SMILES string of the molecule is CC(C)CN(C)S(=O)(=O)c1c(Cl)cc(C#CCN)cc1Cl. The lowest BCUT2D eigenvalue weighted by Gasteiger charge is -2.20. The summed E-state index contributed by atoms with van der Waals surface area (Å²) in [7, 11) is -2.23. The number of nitrogens with two attached hydrogens (primary N) is 1. The van der Waals surface area contributed by atoms with Crippen molar-refractivity contribution in [2.45, 2.75) is 18.7 Å². The lowest BCUT2D eigenvalue weighted by Crippen LogP contribution is -2.30. The number of hydrogen-bond acceptors (Lipinski definition) is 3. The third kappa shape index (κ3) is 4.60. The van der Waals surface area contributed by atoms with Crippen molar-refractivity contribution in [2.24, 2.45) is 11.7 Å². The molecule has 21 heavy (non-hydrogen) atoms. The quantitative estimate of drug-likeness (QED) is 0.850. The summed E-state index contributed by atoms with van der Waals surface area (Å²) in [6, 6.07) is 2.96. The predicted molar refractivity (Wildman–Crippen MR) is 87.0 cm³/mol. The van der Waals surface area contributed by atoms with Gasteiger partial charge in [0.2, 0.25) is 10.0 Å². The van der Waals surface area contributed by atoms with E-state index >= 15 is 0 Å². The fourth-order valence-electron chi connectivity index (χ4n) is 1.80. The van der Waals surface area contributed by atoms with E-state index in [0.717, 1.165) is 0 Å². The zero-order chi connectivity index (χ0) is 16.2. The van der Waals surface area contributed by atoms with Crippen LogP contribution >= 0.6 is 23.2 Å². The normalized spacial score (nSPS) is 11.6. The second-order valence-electron chi connectivity index (χ2n) is 4.95. The molecule has 0 bridgehead atoms. The first-order valence-corrected chi connectivity index (χ1v) is 8.54. The van der Waals surface area contributed by atoms with E-state index in [1.165, 1.54) is 23.5 Å². The van der Waals surface area contributed by atoms with E-state index in [1.807, 2.05) is 13.8 Å². The van der Waals surface area contributed by atoms with E-state index in [2.05, 4.69) is 11.8 Å². The molecule has 116 valence electrons. The summed E-state index contributed by atoms with van der Waals surface area (Å²) in [5.41, 5.74) is 5.82. The molecule has 7 heteroatoms. The standard InChI is InChI=1S/C14H18Cl2N2O2S/c1-10(2)9-18(3)21(19,20)14-12(15)7-11(5-4-6-17)8-13(14)16/h7-8,10H,6,9,17H2,1-3H3. The lowest BCUT2D eigenvalue weighted by molar-refractivity contribution is 0.417. The van der Waals surface area contributed by atoms with Gasteiger partial charge in [-0.05, 0) is 18.1 Å². The summed E-state index contributed by atoms with van der Waals surface area (Å²) in [6.07, 6.45) is 0. The van der Waals surface area contributed by atoms with Gasteiger partial charge in [0.1, 0.15) is 4.90 Å². The Labute approximate surface area is 136 Å². The fourth-order valence-corrected chi connectivity index (χ4v) is 4.29. The van der Waals surface area contributed by atoms with Crippen molar-refractivity contribution >= 4 is 33.2 Å². The van der Waals surface area contributed by atoms with Crippen LogP contribution in [0.3, 0.4) is 0 Å². The van der Waals surface area contributed by atoms with Crippen LogP contribution in [0.5, 0.6) is 0 Å². The molecule has 0 aliphatic heterocycles. The molecule has 2 N–H and O–H groups in total. The minimum absolute atomic E-state index is 0.0550. The van der Waals surface area contributed by atoms with Crippen LogP contribution in [0.2, 0.25) is 10.0 Å². The molecule has 4 nitrogen and oxygen atoms in total. The molecule has 0 spiro atoms. The van der Waals surface area contributed by atoms with E-state index < -0.39 is 10.0 Å². The maximum Gasteiger partial charge on any atom is 0.245 e.